The summed E-state index contributed by atoms with van der Waals surface area (Å²) < 4.78 is 5.18. The number of hydrogen-bond acceptors (Lipinski definition) is 3. The van der Waals surface area contributed by atoms with Gasteiger partial charge in [-0.3, -0.25) is 4.79 Å². The van der Waals surface area contributed by atoms with E-state index in [0.717, 1.165) is 30.7 Å². The van der Waals surface area contributed by atoms with Crippen LogP contribution in [0.3, 0.4) is 0 Å². The first-order valence-electron chi connectivity index (χ1n) is 6.38. The highest BCUT2D eigenvalue weighted by molar-refractivity contribution is 5.82. The van der Waals surface area contributed by atoms with Gasteiger partial charge in [0.15, 0.2) is 0 Å². The molecule has 4 heteroatoms. The summed E-state index contributed by atoms with van der Waals surface area (Å²) in [5, 5.41) is 6.23. The number of nitrogens with one attached hydrogen (secondary N) is 2. The largest absolute Gasteiger partial charge is 0.497 e. The molecule has 0 spiro atoms. The van der Waals surface area contributed by atoms with Crippen molar-refractivity contribution >= 4 is 5.91 Å². The van der Waals surface area contributed by atoms with Gasteiger partial charge in [0.2, 0.25) is 5.91 Å². The highest BCUT2D eigenvalue weighted by Crippen LogP contribution is 2.19. The fourth-order valence-electron chi connectivity index (χ4n) is 2.22. The smallest absolute Gasteiger partial charge is 0.237 e. The van der Waals surface area contributed by atoms with Crippen LogP contribution in [0.4, 0.5) is 0 Å². The van der Waals surface area contributed by atoms with E-state index >= 15 is 0 Å². The van der Waals surface area contributed by atoms with E-state index in [4.69, 9.17) is 4.74 Å². The van der Waals surface area contributed by atoms with Crippen LogP contribution in [0.15, 0.2) is 24.3 Å². The van der Waals surface area contributed by atoms with Crippen molar-refractivity contribution < 1.29 is 9.53 Å². The Morgan fingerprint density at radius 1 is 1.56 bits per heavy atom. The fraction of sp³-hybridized carbons (Fsp3) is 0.500. The average Bonchev–Trinajstić information content (AvgIpc) is 2.92. The number of ether oxygens (including phenoxy) is 1. The lowest BCUT2D eigenvalue weighted by molar-refractivity contribution is -0.123. The maximum atomic E-state index is 12.0. The van der Waals surface area contributed by atoms with Gasteiger partial charge in [-0.2, -0.15) is 0 Å². The number of methoxy groups -OCH3 is 1. The SMILES string of the molecule is COc1cccc([C@H](C)NC(=O)[C@@H]2CCCN2)c1. The molecule has 18 heavy (non-hydrogen) atoms. The maximum Gasteiger partial charge on any atom is 0.237 e. The number of rotatable bonds is 4. The molecule has 0 aliphatic carbocycles. The van der Waals surface area contributed by atoms with E-state index in [9.17, 15) is 4.79 Å². The Kier molecular flexibility index (Phi) is 4.20. The molecule has 1 aromatic rings. The predicted molar refractivity (Wildman–Crippen MR) is 70.6 cm³/mol. The van der Waals surface area contributed by atoms with E-state index in [1.165, 1.54) is 0 Å². The third-order valence-corrected chi connectivity index (χ3v) is 3.33. The standard InChI is InChI=1S/C14H20N2O2/c1-10(11-5-3-6-12(9-11)18-2)16-14(17)13-7-4-8-15-13/h3,5-6,9-10,13,15H,4,7-8H2,1-2H3,(H,16,17)/t10-,13-/m0/s1. The quantitative estimate of drug-likeness (QED) is 0.851. The topological polar surface area (TPSA) is 50.4 Å². The van der Waals surface area contributed by atoms with Gasteiger partial charge in [0.25, 0.3) is 0 Å². The third-order valence-electron chi connectivity index (χ3n) is 3.33. The van der Waals surface area contributed by atoms with Crippen molar-refractivity contribution in [3.63, 3.8) is 0 Å². The molecule has 1 fully saturated rings. The van der Waals surface area contributed by atoms with Crippen molar-refractivity contribution in [3.8, 4) is 5.75 Å². The molecule has 0 unspecified atom stereocenters. The van der Waals surface area contributed by atoms with Crippen molar-refractivity contribution in [3.05, 3.63) is 29.8 Å². The lowest BCUT2D eigenvalue weighted by Gasteiger charge is -2.18. The average molecular weight is 248 g/mol. The molecule has 0 saturated carbocycles. The molecule has 98 valence electrons. The minimum Gasteiger partial charge on any atom is -0.497 e. The lowest BCUT2D eigenvalue weighted by Crippen LogP contribution is -2.41. The summed E-state index contributed by atoms with van der Waals surface area (Å²) in [6.07, 6.45) is 2.00. The van der Waals surface area contributed by atoms with Crippen LogP contribution in [-0.2, 0) is 4.79 Å². The van der Waals surface area contributed by atoms with Gasteiger partial charge < -0.3 is 15.4 Å². The second kappa shape index (κ2) is 5.87. The highest BCUT2D eigenvalue weighted by atomic mass is 16.5. The summed E-state index contributed by atoms with van der Waals surface area (Å²) in [5.41, 5.74) is 1.06. The molecule has 1 aliphatic rings. The summed E-state index contributed by atoms with van der Waals surface area (Å²) >= 11 is 0. The van der Waals surface area contributed by atoms with Crippen molar-refractivity contribution in [2.45, 2.75) is 31.8 Å². The first kappa shape index (κ1) is 12.9. The summed E-state index contributed by atoms with van der Waals surface area (Å²) in [6.45, 7) is 2.92. The predicted octanol–water partition coefficient (Wildman–Crippen LogP) is 1.62. The van der Waals surface area contributed by atoms with Gasteiger partial charge >= 0.3 is 0 Å². The van der Waals surface area contributed by atoms with E-state index in [1.54, 1.807) is 7.11 Å². The highest BCUT2D eigenvalue weighted by Gasteiger charge is 2.23. The zero-order valence-electron chi connectivity index (χ0n) is 10.9. The van der Waals surface area contributed by atoms with Gasteiger partial charge in [-0.1, -0.05) is 12.1 Å². The Labute approximate surface area is 108 Å². The van der Waals surface area contributed by atoms with Crippen LogP contribution in [0.25, 0.3) is 0 Å². The van der Waals surface area contributed by atoms with Crippen molar-refractivity contribution in [2.75, 3.05) is 13.7 Å². The van der Waals surface area contributed by atoms with Crippen LogP contribution in [0.1, 0.15) is 31.4 Å². The van der Waals surface area contributed by atoms with Gasteiger partial charge in [-0.25, -0.2) is 0 Å². The summed E-state index contributed by atoms with van der Waals surface area (Å²) in [6, 6.07) is 7.75. The Balaban J connectivity index is 1.97. The minimum atomic E-state index is -0.0296. The molecule has 4 nitrogen and oxygen atoms in total. The first-order valence-corrected chi connectivity index (χ1v) is 6.38. The lowest BCUT2D eigenvalue weighted by atomic mass is 10.1. The number of benzene rings is 1. The molecule has 0 bridgehead atoms. The zero-order valence-corrected chi connectivity index (χ0v) is 10.9. The summed E-state index contributed by atoms with van der Waals surface area (Å²) in [7, 11) is 1.64. The Hall–Kier alpha value is -1.55. The minimum absolute atomic E-state index is 0.00463. The van der Waals surface area contributed by atoms with Crippen LogP contribution in [0, 0.1) is 0 Å². The number of carbonyl (C=O) groups is 1. The zero-order chi connectivity index (χ0) is 13.0. The van der Waals surface area contributed by atoms with Gasteiger partial charge in [0.1, 0.15) is 5.75 Å². The number of carbonyl (C=O) groups excluding carboxylic acids is 1. The molecule has 2 N–H and O–H groups in total. The van der Waals surface area contributed by atoms with Gasteiger partial charge in [0, 0.05) is 0 Å². The molecule has 1 amide bonds. The molecule has 2 atom stereocenters. The van der Waals surface area contributed by atoms with Crippen molar-refractivity contribution in [1.82, 2.24) is 10.6 Å². The number of hydrogen-bond donors (Lipinski definition) is 2. The van der Waals surface area contributed by atoms with Crippen LogP contribution in [0.2, 0.25) is 0 Å². The molecule has 1 heterocycles. The normalized spacial score (nSPS) is 20.4. The molecule has 1 saturated heterocycles. The molecular formula is C14H20N2O2. The fourth-order valence-corrected chi connectivity index (χ4v) is 2.22. The Bertz CT molecular complexity index is 414. The van der Waals surface area contributed by atoms with E-state index in [1.807, 2.05) is 31.2 Å². The Morgan fingerprint density at radius 2 is 2.39 bits per heavy atom. The van der Waals surface area contributed by atoms with Crippen LogP contribution >= 0.6 is 0 Å². The van der Waals surface area contributed by atoms with Gasteiger partial charge in [0.05, 0.1) is 19.2 Å². The summed E-state index contributed by atoms with van der Waals surface area (Å²) in [5.74, 6) is 0.899. The third kappa shape index (κ3) is 3.01. The van der Waals surface area contributed by atoms with Gasteiger partial charge in [-0.05, 0) is 44.0 Å². The molecule has 0 radical (unpaired) electrons. The second-order valence-corrected chi connectivity index (χ2v) is 4.66. The van der Waals surface area contributed by atoms with Crippen molar-refractivity contribution in [2.24, 2.45) is 0 Å². The van der Waals surface area contributed by atoms with E-state index in [2.05, 4.69) is 10.6 Å². The second-order valence-electron chi connectivity index (χ2n) is 4.66. The monoisotopic (exact) mass is 248 g/mol. The molecule has 1 aliphatic heterocycles. The molecule has 2 rings (SSSR count). The first-order chi connectivity index (χ1) is 8.70. The molecule has 0 aromatic heterocycles. The maximum absolute atomic E-state index is 12.0. The van der Waals surface area contributed by atoms with Crippen LogP contribution in [-0.4, -0.2) is 25.6 Å². The summed E-state index contributed by atoms with van der Waals surface area (Å²) in [4.78, 5) is 12.0. The molecule has 1 aromatic carbocycles. The van der Waals surface area contributed by atoms with Crippen molar-refractivity contribution in [1.29, 1.82) is 0 Å². The van der Waals surface area contributed by atoms with E-state index in [0.29, 0.717) is 0 Å². The van der Waals surface area contributed by atoms with E-state index < -0.39 is 0 Å². The molecular weight excluding hydrogens is 228 g/mol. The number of amides is 1. The Morgan fingerprint density at radius 3 is 3.06 bits per heavy atom. The van der Waals surface area contributed by atoms with E-state index in [-0.39, 0.29) is 18.0 Å². The van der Waals surface area contributed by atoms with Crippen LogP contribution in [0.5, 0.6) is 5.75 Å². The van der Waals surface area contributed by atoms with Crippen LogP contribution < -0.4 is 15.4 Å². The van der Waals surface area contributed by atoms with Gasteiger partial charge in [-0.15, -0.1) is 0 Å².